The number of piperidine rings is 1. The van der Waals surface area contributed by atoms with E-state index in [0.29, 0.717) is 30.8 Å². The number of benzene rings is 2. The molecular weight excluding hydrogens is 368 g/mol. The molecule has 29 heavy (non-hydrogen) atoms. The van der Waals surface area contributed by atoms with Gasteiger partial charge in [-0.2, -0.15) is 0 Å². The Morgan fingerprint density at radius 2 is 2.03 bits per heavy atom. The fraction of sp³-hybridized carbons (Fsp3) is 0.391. The van der Waals surface area contributed by atoms with Gasteiger partial charge < -0.3 is 20.1 Å². The van der Waals surface area contributed by atoms with E-state index in [4.69, 9.17) is 4.74 Å². The number of para-hydroxylation sites is 1. The van der Waals surface area contributed by atoms with Crippen LogP contribution in [0.2, 0.25) is 0 Å². The molecule has 2 amide bonds. The Hall–Kier alpha value is -3.02. The van der Waals surface area contributed by atoms with Crippen molar-refractivity contribution in [3.63, 3.8) is 0 Å². The van der Waals surface area contributed by atoms with Crippen LogP contribution in [0.5, 0.6) is 11.5 Å². The Morgan fingerprint density at radius 1 is 1.24 bits per heavy atom. The predicted molar refractivity (Wildman–Crippen MR) is 112 cm³/mol. The van der Waals surface area contributed by atoms with Crippen molar-refractivity contribution in [2.75, 3.05) is 19.0 Å². The van der Waals surface area contributed by atoms with Gasteiger partial charge in [0, 0.05) is 30.3 Å². The van der Waals surface area contributed by atoms with Crippen LogP contribution >= 0.6 is 0 Å². The lowest BCUT2D eigenvalue weighted by atomic mass is 9.83. The molecule has 0 aromatic heterocycles. The number of hydrogen-bond acceptors (Lipinski definition) is 4. The number of aromatic hydroxyl groups is 1. The van der Waals surface area contributed by atoms with Crippen LogP contribution in [0.15, 0.2) is 48.5 Å². The van der Waals surface area contributed by atoms with Crippen LogP contribution < -0.4 is 10.1 Å². The number of carbonyl (C=O) groups excluding carboxylic acids is 2. The number of phenolic OH excluding ortho intramolecular Hbond substituents is 1. The van der Waals surface area contributed by atoms with Crippen molar-refractivity contribution in [2.45, 2.75) is 38.6 Å². The first-order valence-corrected chi connectivity index (χ1v) is 10.1. The van der Waals surface area contributed by atoms with Crippen LogP contribution in [0.25, 0.3) is 0 Å². The quantitative estimate of drug-likeness (QED) is 0.738. The van der Waals surface area contributed by atoms with Gasteiger partial charge in [0.15, 0.2) is 0 Å². The van der Waals surface area contributed by atoms with E-state index in [9.17, 15) is 14.7 Å². The summed E-state index contributed by atoms with van der Waals surface area (Å²) in [4.78, 5) is 27.8. The van der Waals surface area contributed by atoms with E-state index in [1.807, 2.05) is 29.2 Å². The summed E-state index contributed by atoms with van der Waals surface area (Å²) in [5.41, 5.74) is 1.38. The number of nitrogens with zero attached hydrogens (tertiary/aromatic N) is 1. The number of likely N-dealkylation sites (tertiary alicyclic amines) is 1. The summed E-state index contributed by atoms with van der Waals surface area (Å²) < 4.78 is 5.55. The highest BCUT2D eigenvalue weighted by Crippen LogP contribution is 2.41. The smallest absolute Gasteiger partial charge is 0.229 e. The molecule has 6 nitrogen and oxygen atoms in total. The molecular formula is C23H28N2O4. The normalized spacial score (nSPS) is 19.1. The average molecular weight is 396 g/mol. The van der Waals surface area contributed by atoms with Gasteiger partial charge >= 0.3 is 0 Å². The van der Waals surface area contributed by atoms with E-state index in [2.05, 4.69) is 12.2 Å². The molecule has 2 aromatic carbocycles. The summed E-state index contributed by atoms with van der Waals surface area (Å²) in [6, 6.07) is 13.7. The zero-order chi connectivity index (χ0) is 20.8. The van der Waals surface area contributed by atoms with Crippen molar-refractivity contribution >= 4 is 17.5 Å². The maximum atomic E-state index is 13.2. The minimum atomic E-state index is -0.414. The monoisotopic (exact) mass is 396 g/mol. The highest BCUT2D eigenvalue weighted by Gasteiger charge is 2.41. The molecule has 1 saturated heterocycles. The number of amides is 2. The van der Waals surface area contributed by atoms with Crippen LogP contribution in [-0.2, 0) is 9.59 Å². The highest BCUT2D eigenvalue weighted by molar-refractivity contribution is 5.95. The zero-order valence-electron chi connectivity index (χ0n) is 16.9. The molecule has 1 heterocycles. The number of rotatable bonds is 7. The van der Waals surface area contributed by atoms with Gasteiger partial charge in [-0.15, -0.1) is 0 Å². The molecule has 1 aliphatic rings. The first kappa shape index (κ1) is 20.7. The van der Waals surface area contributed by atoms with Gasteiger partial charge in [0.05, 0.1) is 19.1 Å². The Morgan fingerprint density at radius 3 is 2.76 bits per heavy atom. The third kappa shape index (κ3) is 4.70. The van der Waals surface area contributed by atoms with Crippen molar-refractivity contribution in [1.29, 1.82) is 0 Å². The number of hydrogen-bond donors (Lipinski definition) is 2. The van der Waals surface area contributed by atoms with Crippen LogP contribution in [-0.4, -0.2) is 35.5 Å². The van der Waals surface area contributed by atoms with E-state index in [1.54, 1.807) is 25.3 Å². The number of methoxy groups -OCH3 is 1. The minimum Gasteiger partial charge on any atom is -0.508 e. The number of ether oxygens (including phenoxy) is 1. The Balaban J connectivity index is 1.96. The van der Waals surface area contributed by atoms with Crippen LogP contribution in [0, 0.1) is 5.92 Å². The molecule has 6 heteroatoms. The Bertz CT molecular complexity index is 867. The van der Waals surface area contributed by atoms with Gasteiger partial charge in [-0.05, 0) is 31.0 Å². The van der Waals surface area contributed by atoms with E-state index in [1.165, 1.54) is 6.07 Å². The third-order valence-electron chi connectivity index (χ3n) is 5.37. The van der Waals surface area contributed by atoms with Crippen molar-refractivity contribution < 1.29 is 19.4 Å². The summed E-state index contributed by atoms with van der Waals surface area (Å²) in [6.07, 6.45) is 2.64. The molecule has 3 rings (SSSR count). The molecule has 154 valence electrons. The van der Waals surface area contributed by atoms with E-state index in [-0.39, 0.29) is 17.6 Å². The van der Waals surface area contributed by atoms with Crippen LogP contribution in [0.1, 0.15) is 44.2 Å². The second-order valence-corrected chi connectivity index (χ2v) is 7.31. The number of anilines is 1. The molecule has 0 bridgehead atoms. The summed E-state index contributed by atoms with van der Waals surface area (Å²) >= 11 is 0. The Labute approximate surface area is 171 Å². The summed E-state index contributed by atoms with van der Waals surface area (Å²) in [5.74, 6) is 0.246. The van der Waals surface area contributed by atoms with Crippen molar-refractivity contribution in [3.05, 3.63) is 54.1 Å². The van der Waals surface area contributed by atoms with Gasteiger partial charge in [-0.3, -0.25) is 9.59 Å². The van der Waals surface area contributed by atoms with Gasteiger partial charge in [0.1, 0.15) is 11.5 Å². The molecule has 0 radical (unpaired) electrons. The van der Waals surface area contributed by atoms with Crippen molar-refractivity contribution in [3.8, 4) is 11.5 Å². The zero-order valence-corrected chi connectivity index (χ0v) is 16.9. The standard InChI is InChI=1S/C23H28N2O4/c1-3-4-14-25-21(27)13-12-19(22(25)18-10-5-6-11-20(18)29-2)23(28)24-16-8-7-9-17(26)15-16/h5-11,15,19,22,26H,3-4,12-14H2,1-2H3,(H,24,28). The molecule has 2 aromatic rings. The summed E-state index contributed by atoms with van der Waals surface area (Å²) in [7, 11) is 1.60. The lowest BCUT2D eigenvalue weighted by Crippen LogP contribution is -2.47. The molecule has 1 aliphatic heterocycles. The van der Waals surface area contributed by atoms with E-state index >= 15 is 0 Å². The molecule has 0 spiro atoms. The van der Waals surface area contributed by atoms with Gasteiger partial charge in [-0.1, -0.05) is 37.6 Å². The maximum absolute atomic E-state index is 13.2. The van der Waals surface area contributed by atoms with E-state index in [0.717, 1.165) is 18.4 Å². The van der Waals surface area contributed by atoms with E-state index < -0.39 is 12.0 Å². The SMILES string of the molecule is CCCCN1C(=O)CCC(C(=O)Nc2cccc(O)c2)C1c1ccccc1OC. The molecule has 0 aliphatic carbocycles. The first-order valence-electron chi connectivity index (χ1n) is 10.1. The fourth-order valence-corrected chi connectivity index (χ4v) is 3.93. The van der Waals surface area contributed by atoms with Crippen molar-refractivity contribution in [2.24, 2.45) is 5.92 Å². The second kappa shape index (κ2) is 9.45. The number of carbonyl (C=O) groups is 2. The van der Waals surface area contributed by atoms with Crippen molar-refractivity contribution in [1.82, 2.24) is 4.90 Å². The highest BCUT2D eigenvalue weighted by atomic mass is 16.5. The lowest BCUT2D eigenvalue weighted by molar-refractivity contribution is -0.142. The lowest BCUT2D eigenvalue weighted by Gasteiger charge is -2.41. The number of unbranched alkanes of at least 4 members (excludes halogenated alkanes) is 1. The predicted octanol–water partition coefficient (Wildman–Crippen LogP) is 4.12. The topological polar surface area (TPSA) is 78.9 Å². The average Bonchev–Trinajstić information content (AvgIpc) is 2.72. The van der Waals surface area contributed by atoms with Gasteiger partial charge in [0.25, 0.3) is 0 Å². The molecule has 1 fully saturated rings. The molecule has 2 N–H and O–H groups in total. The fourth-order valence-electron chi connectivity index (χ4n) is 3.93. The minimum absolute atomic E-state index is 0.0655. The first-order chi connectivity index (χ1) is 14.0. The van der Waals surface area contributed by atoms with Gasteiger partial charge in [0.2, 0.25) is 11.8 Å². The third-order valence-corrected chi connectivity index (χ3v) is 5.37. The van der Waals surface area contributed by atoms with Crippen LogP contribution in [0.3, 0.4) is 0 Å². The maximum Gasteiger partial charge on any atom is 0.229 e. The van der Waals surface area contributed by atoms with Crippen LogP contribution in [0.4, 0.5) is 5.69 Å². The number of phenols is 1. The summed E-state index contributed by atoms with van der Waals surface area (Å²) in [5, 5.41) is 12.6. The largest absolute Gasteiger partial charge is 0.508 e. The number of nitrogens with one attached hydrogen (secondary N) is 1. The second-order valence-electron chi connectivity index (χ2n) is 7.31. The Kier molecular flexibility index (Phi) is 6.75. The molecule has 0 saturated carbocycles. The summed E-state index contributed by atoms with van der Waals surface area (Å²) in [6.45, 7) is 2.69. The van der Waals surface area contributed by atoms with Gasteiger partial charge in [-0.25, -0.2) is 0 Å². The molecule has 2 unspecified atom stereocenters. The molecule has 2 atom stereocenters.